The van der Waals surface area contributed by atoms with Gasteiger partial charge in [0.05, 0.1) is 6.54 Å². The van der Waals surface area contributed by atoms with Crippen LogP contribution in [0.15, 0.2) is 24.4 Å². The second-order valence-corrected chi connectivity index (χ2v) is 3.48. The molecule has 1 heterocycles. The van der Waals surface area contributed by atoms with Crippen LogP contribution in [0.1, 0.15) is 11.1 Å². The molecule has 2 N–H and O–H groups in total. The molecule has 0 saturated heterocycles. The molecule has 0 bridgehead atoms. The molecule has 0 saturated carbocycles. The summed E-state index contributed by atoms with van der Waals surface area (Å²) in [6.45, 7) is 0.191. The lowest BCUT2D eigenvalue weighted by Gasteiger charge is -2.04. The summed E-state index contributed by atoms with van der Waals surface area (Å²) in [5, 5.41) is 12.4. The van der Waals surface area contributed by atoms with Crippen LogP contribution in [-0.2, 0) is 6.54 Å². The Hall–Kier alpha value is -2.42. The van der Waals surface area contributed by atoms with Crippen molar-refractivity contribution in [3.63, 3.8) is 0 Å². The van der Waals surface area contributed by atoms with Crippen LogP contribution in [0.5, 0.6) is 0 Å². The van der Waals surface area contributed by atoms with Crippen molar-refractivity contribution in [3.8, 4) is 6.07 Å². The predicted octanol–water partition coefficient (Wildman–Crippen LogP) is 1.66. The molecule has 0 radical (unpaired) electrons. The molecule has 2 rings (SSSR count). The fourth-order valence-corrected chi connectivity index (χ4v) is 1.48. The molecule has 0 atom stereocenters. The van der Waals surface area contributed by atoms with E-state index in [4.69, 9.17) is 11.0 Å². The number of nitriles is 1. The maximum Gasteiger partial charge on any atom is 0.145 e. The summed E-state index contributed by atoms with van der Waals surface area (Å²) < 4.78 is 28.1. The number of halogens is 2. The number of rotatable bonds is 2. The summed E-state index contributed by atoms with van der Waals surface area (Å²) in [5.74, 6) is -1.41. The fraction of sp³-hybridized carbons (Fsp3) is 0.0909. The first kappa shape index (κ1) is 11.1. The molecule has 6 heteroatoms. The number of benzene rings is 1. The molecular formula is C11H8F2N4. The van der Waals surface area contributed by atoms with E-state index in [9.17, 15) is 8.78 Å². The molecule has 0 fully saturated rings. The van der Waals surface area contributed by atoms with E-state index < -0.39 is 17.2 Å². The van der Waals surface area contributed by atoms with Crippen molar-refractivity contribution in [3.05, 3.63) is 47.2 Å². The fourth-order valence-electron chi connectivity index (χ4n) is 1.48. The number of anilines is 1. The van der Waals surface area contributed by atoms with Crippen molar-refractivity contribution in [1.82, 2.24) is 9.78 Å². The molecule has 4 nitrogen and oxygen atoms in total. The van der Waals surface area contributed by atoms with Crippen molar-refractivity contribution in [1.29, 1.82) is 5.26 Å². The van der Waals surface area contributed by atoms with E-state index >= 15 is 0 Å². The average molecular weight is 234 g/mol. The number of aromatic nitrogens is 2. The minimum Gasteiger partial charge on any atom is -0.382 e. The maximum absolute atomic E-state index is 13.3. The number of hydrogen-bond donors (Lipinski definition) is 1. The molecule has 17 heavy (non-hydrogen) atoms. The second-order valence-electron chi connectivity index (χ2n) is 3.48. The van der Waals surface area contributed by atoms with Gasteiger partial charge in [-0.15, -0.1) is 0 Å². The van der Waals surface area contributed by atoms with Gasteiger partial charge in [-0.1, -0.05) is 0 Å². The summed E-state index contributed by atoms with van der Waals surface area (Å²) in [6, 6.07) is 5.27. The number of hydrogen-bond acceptors (Lipinski definition) is 3. The van der Waals surface area contributed by atoms with E-state index in [1.165, 1.54) is 10.8 Å². The molecule has 0 spiro atoms. The monoisotopic (exact) mass is 234 g/mol. The van der Waals surface area contributed by atoms with Gasteiger partial charge in [0.1, 0.15) is 29.1 Å². The van der Waals surface area contributed by atoms with Crippen LogP contribution in [0.4, 0.5) is 14.6 Å². The Morgan fingerprint density at radius 2 is 2.00 bits per heavy atom. The molecule has 2 aromatic rings. The van der Waals surface area contributed by atoms with Crippen LogP contribution >= 0.6 is 0 Å². The van der Waals surface area contributed by atoms with Crippen LogP contribution in [-0.4, -0.2) is 9.78 Å². The van der Waals surface area contributed by atoms with Gasteiger partial charge in [0.2, 0.25) is 0 Å². The van der Waals surface area contributed by atoms with Crippen LogP contribution in [0.3, 0.4) is 0 Å². The molecule has 0 aliphatic rings. The Bertz CT molecular complexity index is 575. The van der Waals surface area contributed by atoms with Gasteiger partial charge < -0.3 is 5.73 Å². The van der Waals surface area contributed by atoms with Crippen molar-refractivity contribution < 1.29 is 8.78 Å². The third-order valence-corrected chi connectivity index (χ3v) is 2.22. The zero-order valence-electron chi connectivity index (χ0n) is 8.69. The summed E-state index contributed by atoms with van der Waals surface area (Å²) in [6.07, 6.45) is 1.60. The van der Waals surface area contributed by atoms with Crippen molar-refractivity contribution >= 4 is 5.82 Å². The first-order valence-electron chi connectivity index (χ1n) is 4.77. The molecule has 0 aliphatic heterocycles. The van der Waals surface area contributed by atoms with E-state index in [-0.39, 0.29) is 6.54 Å². The number of nitrogen functional groups attached to an aromatic ring is 1. The Morgan fingerprint density at radius 3 is 2.47 bits per heavy atom. The van der Waals surface area contributed by atoms with Crippen LogP contribution < -0.4 is 5.73 Å². The Kier molecular flexibility index (Phi) is 2.75. The van der Waals surface area contributed by atoms with Gasteiger partial charge in [0, 0.05) is 6.20 Å². The van der Waals surface area contributed by atoms with Crippen LogP contribution in [0, 0.1) is 23.0 Å². The van der Waals surface area contributed by atoms with Gasteiger partial charge in [0.25, 0.3) is 0 Å². The number of nitrogens with zero attached hydrogens (tertiary/aromatic N) is 3. The van der Waals surface area contributed by atoms with Gasteiger partial charge in [-0.25, -0.2) is 8.78 Å². The largest absolute Gasteiger partial charge is 0.382 e. The Labute approximate surface area is 95.9 Å². The topological polar surface area (TPSA) is 67.6 Å². The van der Waals surface area contributed by atoms with Crippen LogP contribution in [0.2, 0.25) is 0 Å². The zero-order chi connectivity index (χ0) is 12.4. The van der Waals surface area contributed by atoms with Gasteiger partial charge in [-0.2, -0.15) is 10.4 Å². The second kappa shape index (κ2) is 4.22. The molecule has 0 amide bonds. The average Bonchev–Trinajstić information content (AvgIpc) is 2.63. The zero-order valence-corrected chi connectivity index (χ0v) is 8.69. The lowest BCUT2D eigenvalue weighted by atomic mass is 10.1. The van der Waals surface area contributed by atoms with Gasteiger partial charge in [0.15, 0.2) is 0 Å². The van der Waals surface area contributed by atoms with Gasteiger partial charge in [-0.3, -0.25) is 4.68 Å². The highest BCUT2D eigenvalue weighted by Gasteiger charge is 2.10. The molecule has 1 aromatic carbocycles. The van der Waals surface area contributed by atoms with E-state index in [0.717, 1.165) is 12.1 Å². The van der Waals surface area contributed by atoms with E-state index in [1.54, 1.807) is 12.3 Å². The van der Waals surface area contributed by atoms with Gasteiger partial charge in [-0.05, 0) is 23.8 Å². The lowest BCUT2D eigenvalue weighted by molar-refractivity contribution is 0.568. The Balaban J connectivity index is 2.32. The molecular weight excluding hydrogens is 226 g/mol. The Morgan fingerprint density at radius 1 is 1.35 bits per heavy atom. The minimum atomic E-state index is -0.873. The molecule has 0 unspecified atom stereocenters. The first-order chi connectivity index (χ1) is 8.10. The molecule has 1 aromatic heterocycles. The summed E-state index contributed by atoms with van der Waals surface area (Å²) in [5.41, 5.74) is 5.22. The third-order valence-electron chi connectivity index (χ3n) is 2.22. The third kappa shape index (κ3) is 2.23. The predicted molar refractivity (Wildman–Crippen MR) is 56.8 cm³/mol. The van der Waals surface area contributed by atoms with Crippen molar-refractivity contribution in [2.75, 3.05) is 5.73 Å². The SMILES string of the molecule is N#Cc1c(F)cc(Cn2ccc(N)n2)cc1F. The summed E-state index contributed by atoms with van der Waals surface area (Å²) in [4.78, 5) is 0. The lowest BCUT2D eigenvalue weighted by Crippen LogP contribution is -2.03. The first-order valence-corrected chi connectivity index (χ1v) is 4.77. The van der Waals surface area contributed by atoms with E-state index in [0.29, 0.717) is 11.4 Å². The highest BCUT2D eigenvalue weighted by molar-refractivity contribution is 5.35. The number of nitrogens with two attached hydrogens (primary N) is 1. The molecule has 86 valence electrons. The standard InChI is InChI=1S/C11H8F2N4/c12-9-3-7(4-10(13)8(9)5-14)6-17-2-1-11(15)16-17/h1-4H,6H2,(H2,15,16). The van der Waals surface area contributed by atoms with Crippen molar-refractivity contribution in [2.45, 2.75) is 6.54 Å². The quantitative estimate of drug-likeness (QED) is 0.859. The summed E-state index contributed by atoms with van der Waals surface area (Å²) >= 11 is 0. The molecule has 0 aliphatic carbocycles. The smallest absolute Gasteiger partial charge is 0.145 e. The highest BCUT2D eigenvalue weighted by Crippen LogP contribution is 2.15. The normalized spacial score (nSPS) is 10.2. The van der Waals surface area contributed by atoms with E-state index in [1.807, 2.05) is 0 Å². The van der Waals surface area contributed by atoms with Crippen LogP contribution in [0.25, 0.3) is 0 Å². The van der Waals surface area contributed by atoms with Gasteiger partial charge >= 0.3 is 0 Å². The maximum atomic E-state index is 13.3. The minimum absolute atomic E-state index is 0.191. The summed E-state index contributed by atoms with van der Waals surface area (Å²) in [7, 11) is 0. The van der Waals surface area contributed by atoms with E-state index in [2.05, 4.69) is 5.10 Å². The van der Waals surface area contributed by atoms with Crippen molar-refractivity contribution in [2.24, 2.45) is 0 Å². The highest BCUT2D eigenvalue weighted by atomic mass is 19.1.